The van der Waals surface area contributed by atoms with Gasteiger partial charge in [0.25, 0.3) is 0 Å². The Hall–Kier alpha value is -4.29. The van der Waals surface area contributed by atoms with Gasteiger partial charge in [-0.2, -0.15) is 5.26 Å². The number of halogens is 1. The zero-order chi connectivity index (χ0) is 28.6. The molecule has 0 atom stereocenters. The van der Waals surface area contributed by atoms with Crippen LogP contribution in [0.5, 0.6) is 0 Å². The van der Waals surface area contributed by atoms with Gasteiger partial charge in [0, 0.05) is 17.0 Å². The fourth-order valence-corrected chi connectivity index (χ4v) is 6.67. The summed E-state index contributed by atoms with van der Waals surface area (Å²) >= 11 is 0. The van der Waals surface area contributed by atoms with Crippen molar-refractivity contribution >= 4 is 10.8 Å². The molecule has 5 aromatic rings. The quantitative estimate of drug-likeness (QED) is 0.211. The van der Waals surface area contributed by atoms with Crippen molar-refractivity contribution in [2.75, 3.05) is 0 Å². The SMILES string of the molecule is Cc1ccc2c(c1-c1cc(F)c(C(C)(C)C)c[n+]1C)C(C)(C)c1c-2ccc(C#N)c1-c1ccc2ccccc2c1. The first kappa shape index (κ1) is 26.0. The topological polar surface area (TPSA) is 27.7 Å². The molecule has 0 bridgehead atoms. The standard InChI is InChI=1S/C37H34FN2/c1-22-12-16-27-28-17-15-26(20-39)33(25-14-13-23-10-8-9-11-24(23)18-25)35(28)37(5,6)34(27)32(22)31-19-30(38)29(21-40(31)7)36(2,3)4/h8-19,21H,1-7H3/q+1. The van der Waals surface area contributed by atoms with E-state index in [0.29, 0.717) is 11.1 Å². The van der Waals surface area contributed by atoms with E-state index in [1.54, 1.807) is 6.07 Å². The number of fused-ring (bicyclic) bond motifs is 4. The number of rotatable bonds is 2. The summed E-state index contributed by atoms with van der Waals surface area (Å²) in [5, 5.41) is 12.6. The van der Waals surface area contributed by atoms with E-state index in [2.05, 4.69) is 79.9 Å². The van der Waals surface area contributed by atoms with Crippen molar-refractivity contribution in [3.8, 4) is 39.6 Å². The lowest BCUT2D eigenvalue weighted by Gasteiger charge is -2.27. The molecule has 0 unspecified atom stereocenters. The number of nitrogens with zero attached hydrogens (tertiary/aromatic N) is 2. The van der Waals surface area contributed by atoms with Crippen molar-refractivity contribution in [3.63, 3.8) is 0 Å². The highest BCUT2D eigenvalue weighted by molar-refractivity contribution is 5.96. The van der Waals surface area contributed by atoms with Gasteiger partial charge in [-0.25, -0.2) is 8.96 Å². The van der Waals surface area contributed by atoms with Crippen molar-refractivity contribution in [1.82, 2.24) is 0 Å². The summed E-state index contributed by atoms with van der Waals surface area (Å²) in [5.41, 5.74) is 10.3. The van der Waals surface area contributed by atoms with Gasteiger partial charge in [-0.1, -0.05) is 89.2 Å². The summed E-state index contributed by atoms with van der Waals surface area (Å²) in [7, 11) is 2.01. The monoisotopic (exact) mass is 525 g/mol. The number of pyridine rings is 1. The van der Waals surface area contributed by atoms with Crippen molar-refractivity contribution in [2.45, 2.75) is 52.4 Å². The molecule has 0 amide bonds. The van der Waals surface area contributed by atoms with E-state index < -0.39 is 5.41 Å². The maximum atomic E-state index is 15.6. The molecule has 0 N–H and O–H groups in total. The molecule has 1 aromatic heterocycles. The Bertz CT molecular complexity index is 1900. The molecule has 0 radical (unpaired) electrons. The molecular weight excluding hydrogens is 491 g/mol. The highest BCUT2D eigenvalue weighted by Crippen LogP contribution is 2.56. The first-order valence-electron chi connectivity index (χ1n) is 13.8. The third-order valence-corrected chi connectivity index (χ3v) is 8.61. The second-order valence-electron chi connectivity index (χ2n) is 12.7. The van der Waals surface area contributed by atoms with E-state index >= 15 is 4.39 Å². The van der Waals surface area contributed by atoms with Crippen molar-refractivity contribution in [2.24, 2.45) is 7.05 Å². The second-order valence-corrected chi connectivity index (χ2v) is 12.7. The average molecular weight is 526 g/mol. The lowest BCUT2D eigenvalue weighted by Crippen LogP contribution is -2.35. The van der Waals surface area contributed by atoms with Crippen LogP contribution in [-0.2, 0) is 17.9 Å². The minimum Gasteiger partial charge on any atom is -0.206 e. The normalized spacial score (nSPS) is 13.7. The van der Waals surface area contributed by atoms with Crippen LogP contribution in [0.4, 0.5) is 4.39 Å². The fourth-order valence-electron chi connectivity index (χ4n) is 6.67. The Labute approximate surface area is 236 Å². The van der Waals surface area contributed by atoms with Gasteiger partial charge in [0.15, 0.2) is 6.20 Å². The van der Waals surface area contributed by atoms with Crippen LogP contribution in [0.3, 0.4) is 0 Å². The molecule has 198 valence electrons. The minimum absolute atomic E-state index is 0.186. The van der Waals surface area contributed by atoms with E-state index in [9.17, 15) is 5.26 Å². The van der Waals surface area contributed by atoms with Crippen molar-refractivity contribution in [3.05, 3.63) is 113 Å². The molecule has 1 aliphatic rings. The van der Waals surface area contributed by atoms with E-state index in [-0.39, 0.29) is 11.2 Å². The lowest BCUT2D eigenvalue weighted by atomic mass is 9.75. The molecule has 3 heteroatoms. The Morgan fingerprint density at radius 1 is 0.825 bits per heavy atom. The molecule has 1 heterocycles. The molecular formula is C37H34FN2+. The van der Waals surface area contributed by atoms with Gasteiger partial charge in [-0.3, -0.25) is 0 Å². The van der Waals surface area contributed by atoms with E-state index in [0.717, 1.165) is 50.0 Å². The third kappa shape index (κ3) is 3.78. The van der Waals surface area contributed by atoms with Gasteiger partial charge in [0.2, 0.25) is 5.69 Å². The second kappa shape index (κ2) is 8.86. The number of hydrogen-bond acceptors (Lipinski definition) is 1. The van der Waals surface area contributed by atoms with Gasteiger partial charge in [-0.05, 0) is 68.6 Å². The summed E-state index contributed by atoms with van der Waals surface area (Å²) in [6, 6.07) is 27.3. The number of hydrogen-bond donors (Lipinski definition) is 0. The van der Waals surface area contributed by atoms with Crippen molar-refractivity contribution < 1.29 is 8.96 Å². The smallest absolute Gasteiger partial charge is 0.206 e. The van der Waals surface area contributed by atoms with Crippen LogP contribution in [-0.4, -0.2) is 0 Å². The Kier molecular flexibility index (Phi) is 5.75. The Balaban J connectivity index is 1.65. The Morgan fingerprint density at radius 3 is 2.15 bits per heavy atom. The zero-order valence-electron chi connectivity index (χ0n) is 24.3. The number of nitriles is 1. The minimum atomic E-state index is -0.425. The molecule has 0 fully saturated rings. The van der Waals surface area contributed by atoms with Crippen LogP contribution >= 0.6 is 0 Å². The van der Waals surface area contributed by atoms with Crippen LogP contribution < -0.4 is 4.57 Å². The van der Waals surface area contributed by atoms with Gasteiger partial charge < -0.3 is 0 Å². The molecule has 0 aliphatic heterocycles. The van der Waals surface area contributed by atoms with Crippen LogP contribution in [0, 0.1) is 24.1 Å². The number of aryl methyl sites for hydroxylation is 2. The largest absolute Gasteiger partial charge is 0.215 e. The Morgan fingerprint density at radius 2 is 1.48 bits per heavy atom. The maximum absolute atomic E-state index is 15.6. The van der Waals surface area contributed by atoms with Crippen molar-refractivity contribution in [1.29, 1.82) is 5.26 Å². The maximum Gasteiger partial charge on any atom is 0.215 e. The highest BCUT2D eigenvalue weighted by atomic mass is 19.1. The molecule has 2 nitrogen and oxygen atoms in total. The van der Waals surface area contributed by atoms with Crippen LogP contribution in [0.15, 0.2) is 79.0 Å². The predicted molar refractivity (Wildman–Crippen MR) is 162 cm³/mol. The van der Waals surface area contributed by atoms with E-state index in [4.69, 9.17) is 0 Å². The summed E-state index contributed by atoms with van der Waals surface area (Å²) in [4.78, 5) is 0. The first-order valence-corrected chi connectivity index (χ1v) is 13.8. The van der Waals surface area contributed by atoms with Crippen LogP contribution in [0.2, 0.25) is 0 Å². The lowest BCUT2D eigenvalue weighted by molar-refractivity contribution is -0.661. The van der Waals surface area contributed by atoms with Gasteiger partial charge >= 0.3 is 0 Å². The van der Waals surface area contributed by atoms with Gasteiger partial charge in [-0.15, -0.1) is 0 Å². The molecule has 0 spiro atoms. The molecule has 4 aromatic carbocycles. The van der Waals surface area contributed by atoms with E-state index in [1.165, 1.54) is 10.9 Å². The molecule has 0 saturated carbocycles. The summed E-state index contributed by atoms with van der Waals surface area (Å²) < 4.78 is 17.7. The fraction of sp³-hybridized carbons (Fsp3) is 0.243. The predicted octanol–water partition coefficient (Wildman–Crippen LogP) is 8.92. The zero-order valence-corrected chi connectivity index (χ0v) is 24.3. The van der Waals surface area contributed by atoms with E-state index in [1.807, 2.05) is 52.2 Å². The number of benzene rings is 4. The van der Waals surface area contributed by atoms with Crippen LogP contribution in [0.1, 0.15) is 62.4 Å². The molecule has 40 heavy (non-hydrogen) atoms. The van der Waals surface area contributed by atoms with Gasteiger partial charge in [0.05, 0.1) is 22.8 Å². The third-order valence-electron chi connectivity index (χ3n) is 8.61. The summed E-state index contributed by atoms with van der Waals surface area (Å²) in [6.07, 6.45) is 1.94. The van der Waals surface area contributed by atoms with Gasteiger partial charge in [0.1, 0.15) is 12.9 Å². The summed E-state index contributed by atoms with van der Waals surface area (Å²) in [5.74, 6) is -0.186. The first-order chi connectivity index (χ1) is 18.9. The molecule has 0 saturated heterocycles. The van der Waals surface area contributed by atoms with Crippen LogP contribution in [0.25, 0.3) is 44.3 Å². The number of aromatic nitrogens is 1. The molecule has 6 rings (SSSR count). The molecule has 1 aliphatic carbocycles. The highest BCUT2D eigenvalue weighted by Gasteiger charge is 2.42. The summed E-state index contributed by atoms with van der Waals surface area (Å²) in [6.45, 7) is 12.7. The average Bonchev–Trinajstić information content (AvgIpc) is 3.15.